The first-order valence-electron chi connectivity index (χ1n) is 16.4. The molecule has 0 spiro atoms. The summed E-state index contributed by atoms with van der Waals surface area (Å²) in [4.78, 5) is 48.2. The van der Waals surface area contributed by atoms with E-state index >= 15 is 0 Å². The zero-order valence-corrected chi connectivity index (χ0v) is 29.7. The fraction of sp³-hybridized carbons (Fsp3) is 0.909. The zero-order chi connectivity index (χ0) is 34.0. The minimum atomic E-state index is -1.44. The smallest absolute Gasteiger partial charge is 0.319 e. The molecule has 0 aromatic carbocycles. The maximum absolute atomic E-state index is 13.9. The van der Waals surface area contributed by atoms with Gasteiger partial charge in [0.2, 0.25) is 5.91 Å². The van der Waals surface area contributed by atoms with Crippen molar-refractivity contribution in [2.45, 2.75) is 109 Å². The second kappa shape index (κ2) is 15.0. The lowest BCUT2D eigenvalue weighted by molar-refractivity contribution is -0.289. The molecule has 1 unspecified atom stereocenters. The third-order valence-electron chi connectivity index (χ3n) is 10.5. The molecule has 9 atom stereocenters. The summed E-state index contributed by atoms with van der Waals surface area (Å²) in [7, 11) is 11.2. The minimum Gasteiger partial charge on any atom is -0.463 e. The van der Waals surface area contributed by atoms with Crippen molar-refractivity contribution < 1.29 is 38.4 Å². The predicted octanol–water partition coefficient (Wildman–Crippen LogP) is 1.48. The van der Waals surface area contributed by atoms with E-state index in [-0.39, 0.29) is 60.8 Å². The highest BCUT2D eigenvalue weighted by atomic mass is 16.7. The number of carbonyl (C=O) groups is 3. The van der Waals surface area contributed by atoms with Gasteiger partial charge < -0.3 is 33.9 Å². The fourth-order valence-corrected chi connectivity index (χ4v) is 6.88. The largest absolute Gasteiger partial charge is 0.463 e. The standard InChI is InChI=1S/C33H60N4O8/c1-20-15-33(6,42-12)27(45-30-28(39)24(35(9)10)13-21(2)44-30)14-26(38)32(4,5)31(41)43-19-25(36(11)16-20)23-17-37(18-23)29(40)22(3)34(7)8/h20-25,27-28,30,39H,13-19H2,1-12H3/t20-,21-,22-,24+,25?,27-,28-,30+,33-/m1/s1. The molecule has 0 bridgehead atoms. The molecular weight excluding hydrogens is 580 g/mol. The van der Waals surface area contributed by atoms with E-state index in [0.717, 1.165) is 0 Å². The molecule has 3 aliphatic heterocycles. The first kappa shape index (κ1) is 37.8. The van der Waals surface area contributed by atoms with Crippen LogP contribution in [0.15, 0.2) is 0 Å². The maximum atomic E-state index is 13.9. The van der Waals surface area contributed by atoms with Gasteiger partial charge in [-0.05, 0) is 88.6 Å². The molecule has 1 N–H and O–H groups in total. The van der Waals surface area contributed by atoms with Gasteiger partial charge in [0.05, 0.1) is 23.9 Å². The number of hydrogen-bond donors (Lipinski definition) is 1. The number of carbonyl (C=O) groups excluding carboxylic acids is 3. The van der Waals surface area contributed by atoms with Crippen molar-refractivity contribution in [1.29, 1.82) is 0 Å². The number of esters is 1. The highest BCUT2D eigenvalue weighted by Gasteiger charge is 2.49. The lowest BCUT2D eigenvalue weighted by Crippen LogP contribution is -2.62. The molecule has 0 aliphatic carbocycles. The van der Waals surface area contributed by atoms with Crippen molar-refractivity contribution in [3.8, 4) is 0 Å². The fourth-order valence-electron chi connectivity index (χ4n) is 6.88. The van der Waals surface area contributed by atoms with Gasteiger partial charge >= 0.3 is 5.97 Å². The number of likely N-dealkylation sites (N-methyl/N-ethyl adjacent to an activating group) is 3. The van der Waals surface area contributed by atoms with Crippen LogP contribution in [0.2, 0.25) is 0 Å². The molecule has 0 saturated carbocycles. The van der Waals surface area contributed by atoms with Crippen LogP contribution in [0.5, 0.6) is 0 Å². The Hall–Kier alpha value is -1.67. The van der Waals surface area contributed by atoms with Gasteiger partial charge in [0.15, 0.2) is 12.1 Å². The summed E-state index contributed by atoms with van der Waals surface area (Å²) in [5, 5.41) is 11.2. The Balaban J connectivity index is 1.88. The summed E-state index contributed by atoms with van der Waals surface area (Å²) in [6, 6.07) is -0.525. The highest BCUT2D eigenvalue weighted by Crippen LogP contribution is 2.36. The third-order valence-corrected chi connectivity index (χ3v) is 10.5. The number of nitrogens with zero attached hydrogens (tertiary/aromatic N) is 4. The molecule has 12 nitrogen and oxygen atoms in total. The first-order chi connectivity index (χ1) is 20.8. The number of aliphatic hydroxyl groups excluding tert-OH is 1. The van der Waals surface area contributed by atoms with Crippen molar-refractivity contribution >= 4 is 17.7 Å². The first-order valence-corrected chi connectivity index (χ1v) is 16.4. The molecule has 0 aromatic heterocycles. The Bertz CT molecular complexity index is 1030. The normalized spacial score (nSPS) is 37.0. The van der Waals surface area contributed by atoms with E-state index in [1.807, 2.05) is 70.7 Å². The minimum absolute atomic E-state index is 0.0842. The summed E-state index contributed by atoms with van der Waals surface area (Å²) >= 11 is 0. The highest BCUT2D eigenvalue weighted by molar-refractivity contribution is 6.03. The zero-order valence-electron chi connectivity index (χ0n) is 29.7. The van der Waals surface area contributed by atoms with E-state index in [2.05, 4.69) is 11.8 Å². The molecule has 45 heavy (non-hydrogen) atoms. The van der Waals surface area contributed by atoms with Crippen LogP contribution in [0.3, 0.4) is 0 Å². The number of rotatable bonds is 7. The van der Waals surface area contributed by atoms with Crippen LogP contribution in [0.25, 0.3) is 0 Å². The molecule has 260 valence electrons. The number of Topliss-reactive ketones (excluding diaryl/α,β-unsaturated/α-hetero) is 1. The Labute approximate surface area is 270 Å². The number of ketones is 1. The summed E-state index contributed by atoms with van der Waals surface area (Å²) in [5.41, 5.74) is -2.37. The summed E-state index contributed by atoms with van der Waals surface area (Å²) < 4.78 is 24.6. The third kappa shape index (κ3) is 8.63. The van der Waals surface area contributed by atoms with Crippen LogP contribution in [0.4, 0.5) is 0 Å². The quantitative estimate of drug-likeness (QED) is 0.322. The van der Waals surface area contributed by atoms with Gasteiger partial charge in [-0.15, -0.1) is 0 Å². The van der Waals surface area contributed by atoms with Gasteiger partial charge in [-0.2, -0.15) is 0 Å². The molecule has 3 aliphatic rings. The molecule has 0 aromatic rings. The average Bonchev–Trinajstić information content (AvgIpc) is 2.93. The number of cyclic esters (lactones) is 1. The molecule has 3 rings (SSSR count). The van der Waals surface area contributed by atoms with Crippen molar-refractivity contribution in [3.05, 3.63) is 0 Å². The van der Waals surface area contributed by atoms with Crippen molar-refractivity contribution in [2.75, 3.05) is 68.6 Å². The summed E-state index contributed by atoms with van der Waals surface area (Å²) in [6.07, 6.45) is -1.79. The summed E-state index contributed by atoms with van der Waals surface area (Å²) in [6.45, 7) is 13.0. The van der Waals surface area contributed by atoms with E-state index in [1.165, 1.54) is 0 Å². The molecular formula is C33H60N4O8. The average molecular weight is 641 g/mol. The van der Waals surface area contributed by atoms with Crippen LogP contribution in [0.1, 0.15) is 60.8 Å². The lowest BCUT2D eigenvalue weighted by atomic mass is 9.79. The van der Waals surface area contributed by atoms with E-state index in [1.54, 1.807) is 21.0 Å². The van der Waals surface area contributed by atoms with E-state index in [9.17, 15) is 19.5 Å². The van der Waals surface area contributed by atoms with Crippen LogP contribution in [0, 0.1) is 17.3 Å². The van der Waals surface area contributed by atoms with Crippen LogP contribution in [-0.2, 0) is 33.3 Å². The van der Waals surface area contributed by atoms with E-state index in [4.69, 9.17) is 18.9 Å². The van der Waals surface area contributed by atoms with Gasteiger partial charge in [-0.1, -0.05) is 6.92 Å². The van der Waals surface area contributed by atoms with Crippen molar-refractivity contribution in [1.82, 2.24) is 19.6 Å². The van der Waals surface area contributed by atoms with E-state index < -0.39 is 35.5 Å². The molecule has 3 fully saturated rings. The molecule has 0 radical (unpaired) electrons. The van der Waals surface area contributed by atoms with Gasteiger partial charge in [0.1, 0.15) is 18.1 Å². The maximum Gasteiger partial charge on any atom is 0.319 e. The monoisotopic (exact) mass is 640 g/mol. The molecule has 12 heteroatoms. The van der Waals surface area contributed by atoms with Gasteiger partial charge in [0, 0.05) is 51.2 Å². The second-order valence-corrected chi connectivity index (χ2v) is 15.0. The molecule has 3 saturated heterocycles. The van der Waals surface area contributed by atoms with Gasteiger partial charge in [0.25, 0.3) is 0 Å². The summed E-state index contributed by atoms with van der Waals surface area (Å²) in [5.74, 6) is -0.622. The number of likely N-dealkylation sites (tertiary alicyclic amines) is 1. The SMILES string of the molecule is CO[C@]1(C)C[C@@H](C)CN(C)C(C2CN(C(=O)[C@@H](C)N(C)C)C2)COC(=O)C(C)(C)C(=O)C[C@H]1O[C@@H]1O[C@H](C)C[C@H](N(C)C)[C@H]1O. The van der Waals surface area contributed by atoms with Crippen LogP contribution < -0.4 is 0 Å². The van der Waals surface area contributed by atoms with Crippen LogP contribution >= 0.6 is 0 Å². The Morgan fingerprint density at radius 1 is 1.09 bits per heavy atom. The predicted molar refractivity (Wildman–Crippen MR) is 171 cm³/mol. The van der Waals surface area contributed by atoms with Gasteiger partial charge in [-0.3, -0.25) is 24.2 Å². The number of amides is 1. The number of aliphatic hydroxyl groups is 1. The van der Waals surface area contributed by atoms with Crippen molar-refractivity contribution in [2.24, 2.45) is 17.3 Å². The second-order valence-electron chi connectivity index (χ2n) is 15.0. The molecule has 3 heterocycles. The number of methoxy groups -OCH3 is 1. The van der Waals surface area contributed by atoms with Crippen LogP contribution in [-0.4, -0.2) is 159 Å². The van der Waals surface area contributed by atoms with Gasteiger partial charge in [-0.25, -0.2) is 0 Å². The topological polar surface area (TPSA) is 121 Å². The number of hydrogen-bond acceptors (Lipinski definition) is 11. The molecule has 1 amide bonds. The number of ether oxygens (including phenoxy) is 4. The lowest BCUT2D eigenvalue weighted by Gasteiger charge is -2.48. The van der Waals surface area contributed by atoms with E-state index in [0.29, 0.717) is 32.5 Å². The Kier molecular flexibility index (Phi) is 12.6. The Morgan fingerprint density at radius 3 is 2.27 bits per heavy atom. The Morgan fingerprint density at radius 2 is 1.71 bits per heavy atom. The van der Waals surface area contributed by atoms with Crippen molar-refractivity contribution in [3.63, 3.8) is 0 Å².